The molecule has 2 atom stereocenters. The van der Waals surface area contributed by atoms with Gasteiger partial charge in [-0.2, -0.15) is 0 Å². The van der Waals surface area contributed by atoms with E-state index in [0.29, 0.717) is 0 Å². The van der Waals surface area contributed by atoms with Gasteiger partial charge in [0.1, 0.15) is 4.75 Å². The predicted octanol–water partition coefficient (Wildman–Crippen LogP) is 4.12. The van der Waals surface area contributed by atoms with E-state index in [-0.39, 0.29) is 10.8 Å². The summed E-state index contributed by atoms with van der Waals surface area (Å²) in [6.45, 7) is 9.65. The van der Waals surface area contributed by atoms with Crippen LogP contribution in [-0.2, 0) is 11.4 Å². The molecule has 4 heteroatoms. The molecule has 0 aliphatic heterocycles. The number of rotatable bonds is 5. The molecule has 0 heterocycles. The van der Waals surface area contributed by atoms with Gasteiger partial charge >= 0.3 is 0 Å². The van der Waals surface area contributed by atoms with Gasteiger partial charge in [0.25, 0.3) is 0 Å². The van der Waals surface area contributed by atoms with Crippen LogP contribution in [0.4, 0.5) is 0 Å². The average Bonchev–Trinajstić information content (AvgIpc) is 2.28. The molecule has 0 saturated heterocycles. The van der Waals surface area contributed by atoms with Crippen molar-refractivity contribution >= 4 is 27.3 Å². The van der Waals surface area contributed by atoms with E-state index in [1.165, 1.54) is 0 Å². The molecule has 0 spiro atoms. The van der Waals surface area contributed by atoms with Gasteiger partial charge in [-0.1, -0.05) is 34.1 Å². The number of hydrogen-bond donors (Lipinski definition) is 1. The lowest BCUT2D eigenvalue weighted by molar-refractivity contribution is 0.524. The molecule has 0 aliphatic rings. The zero-order valence-electron chi connectivity index (χ0n) is 11.1. The van der Waals surface area contributed by atoms with E-state index in [2.05, 4.69) is 27.2 Å². The van der Waals surface area contributed by atoms with E-state index in [1.54, 1.807) is 0 Å². The van der Waals surface area contributed by atoms with Gasteiger partial charge in [0.2, 0.25) is 0 Å². The van der Waals surface area contributed by atoms with E-state index < -0.39 is 11.4 Å². The summed E-state index contributed by atoms with van der Waals surface area (Å²) in [4.78, 5) is 0. The largest absolute Gasteiger partial charge is 0.598 e. The second kappa shape index (κ2) is 6.75. The third-order valence-electron chi connectivity index (χ3n) is 2.48. The van der Waals surface area contributed by atoms with E-state index in [4.69, 9.17) is 0 Å². The summed E-state index contributed by atoms with van der Waals surface area (Å²) in [5.74, 6) is 0. The molecule has 0 aromatic heterocycles. The topological polar surface area (TPSA) is 35.1 Å². The van der Waals surface area contributed by atoms with Gasteiger partial charge in [-0.25, -0.2) is 0 Å². The molecule has 0 amide bonds. The Morgan fingerprint density at radius 1 is 1.39 bits per heavy atom. The minimum atomic E-state index is -1.08. The average molecular weight is 330 g/mol. The molecule has 1 aromatic rings. The van der Waals surface area contributed by atoms with Crippen LogP contribution < -0.4 is 4.72 Å². The maximum Gasteiger partial charge on any atom is 0.136 e. The van der Waals surface area contributed by atoms with E-state index in [9.17, 15) is 4.55 Å². The number of hydrogen-bond acceptors (Lipinski definition) is 2. The van der Waals surface area contributed by atoms with Gasteiger partial charge < -0.3 is 4.55 Å². The minimum absolute atomic E-state index is 0.0376. The fraction of sp³-hybridized carbons (Fsp3) is 0.429. The van der Waals surface area contributed by atoms with Crippen molar-refractivity contribution in [3.63, 3.8) is 0 Å². The molecule has 1 aromatic carbocycles. The third-order valence-corrected chi connectivity index (χ3v) is 4.62. The number of nitrogens with one attached hydrogen (secondary N) is 1. The van der Waals surface area contributed by atoms with Crippen LogP contribution in [0.5, 0.6) is 0 Å². The highest BCUT2D eigenvalue weighted by molar-refractivity contribution is 9.10. The van der Waals surface area contributed by atoms with Crippen LogP contribution in [0, 0.1) is 0 Å². The third kappa shape index (κ3) is 4.76. The predicted molar refractivity (Wildman–Crippen MR) is 82.7 cm³/mol. The standard InChI is InChI=1S/C14H20BrNOS/c1-5-6-13(16-18(17)14(2,3)4)11-7-9-12(15)10-8-11/h5,7-10,13,16H,1,6H2,2-4H3/t13-,18?/m0/s1. The molecule has 1 N–H and O–H groups in total. The van der Waals surface area contributed by atoms with Crippen LogP contribution in [0.15, 0.2) is 41.4 Å². The van der Waals surface area contributed by atoms with Gasteiger partial charge in [0.05, 0.1) is 6.04 Å². The lowest BCUT2D eigenvalue weighted by Gasteiger charge is -2.27. The normalized spacial score (nSPS) is 15.2. The van der Waals surface area contributed by atoms with E-state index in [1.807, 2.05) is 51.1 Å². The molecule has 0 aliphatic carbocycles. The molecule has 0 bridgehead atoms. The molecule has 0 fully saturated rings. The van der Waals surface area contributed by atoms with Crippen molar-refractivity contribution in [1.29, 1.82) is 0 Å². The van der Waals surface area contributed by atoms with Crippen LogP contribution in [0.25, 0.3) is 0 Å². The Morgan fingerprint density at radius 2 is 1.94 bits per heavy atom. The van der Waals surface area contributed by atoms with Crippen molar-refractivity contribution < 1.29 is 4.55 Å². The smallest absolute Gasteiger partial charge is 0.136 e. The molecular formula is C14H20BrNOS. The van der Waals surface area contributed by atoms with Crippen LogP contribution >= 0.6 is 15.9 Å². The second-order valence-corrected chi connectivity index (χ2v) is 8.04. The lowest BCUT2D eigenvalue weighted by Crippen LogP contribution is -2.41. The zero-order chi connectivity index (χ0) is 13.8. The van der Waals surface area contributed by atoms with Gasteiger partial charge in [-0.3, -0.25) is 0 Å². The highest BCUT2D eigenvalue weighted by Gasteiger charge is 2.29. The van der Waals surface area contributed by atoms with Gasteiger partial charge in [0.15, 0.2) is 0 Å². The highest BCUT2D eigenvalue weighted by atomic mass is 79.9. The van der Waals surface area contributed by atoms with Crippen LogP contribution in [0.2, 0.25) is 0 Å². The summed E-state index contributed by atoms with van der Waals surface area (Å²) in [5.41, 5.74) is 1.12. The SMILES string of the molecule is C=CC[C@H](N[S+]([O-])C(C)(C)C)c1ccc(Br)cc1. The Bertz CT molecular complexity index is 386. The van der Waals surface area contributed by atoms with Crippen molar-refractivity contribution in [1.82, 2.24) is 4.72 Å². The molecule has 1 unspecified atom stereocenters. The fourth-order valence-electron chi connectivity index (χ4n) is 1.42. The first-order valence-corrected chi connectivity index (χ1v) is 7.83. The molecule has 1 rings (SSSR count). The monoisotopic (exact) mass is 329 g/mol. The molecular weight excluding hydrogens is 310 g/mol. The van der Waals surface area contributed by atoms with Crippen molar-refractivity contribution in [2.45, 2.75) is 38.0 Å². The first-order chi connectivity index (χ1) is 8.34. The molecule has 2 nitrogen and oxygen atoms in total. The quantitative estimate of drug-likeness (QED) is 0.651. The lowest BCUT2D eigenvalue weighted by atomic mass is 10.1. The molecule has 18 heavy (non-hydrogen) atoms. The highest BCUT2D eigenvalue weighted by Crippen LogP contribution is 2.24. The van der Waals surface area contributed by atoms with Crippen molar-refractivity contribution in [3.05, 3.63) is 47.0 Å². The van der Waals surface area contributed by atoms with Crippen molar-refractivity contribution in [2.24, 2.45) is 0 Å². The van der Waals surface area contributed by atoms with Crippen LogP contribution in [0.3, 0.4) is 0 Å². The zero-order valence-corrected chi connectivity index (χ0v) is 13.5. The Morgan fingerprint density at radius 3 is 2.39 bits per heavy atom. The summed E-state index contributed by atoms with van der Waals surface area (Å²) < 4.78 is 16.1. The Kier molecular flexibility index (Phi) is 5.92. The molecule has 0 saturated carbocycles. The summed E-state index contributed by atoms with van der Waals surface area (Å²) >= 11 is 2.33. The summed E-state index contributed by atoms with van der Waals surface area (Å²) in [6, 6.07) is 8.09. The molecule has 100 valence electrons. The van der Waals surface area contributed by atoms with Gasteiger partial charge in [-0.15, -0.1) is 11.3 Å². The first kappa shape index (κ1) is 15.8. The van der Waals surface area contributed by atoms with E-state index >= 15 is 0 Å². The number of benzene rings is 1. The maximum absolute atomic E-state index is 12.1. The summed E-state index contributed by atoms with van der Waals surface area (Å²) in [7, 11) is 0. The van der Waals surface area contributed by atoms with Crippen molar-refractivity contribution in [3.8, 4) is 0 Å². The fourth-order valence-corrected chi connectivity index (χ4v) is 2.53. The van der Waals surface area contributed by atoms with Gasteiger partial charge in [-0.05, 0) is 44.9 Å². The maximum atomic E-state index is 12.1. The summed E-state index contributed by atoms with van der Waals surface area (Å²) in [5, 5.41) is 0. The van der Waals surface area contributed by atoms with Crippen LogP contribution in [-0.4, -0.2) is 9.30 Å². The Hall–Kier alpha value is -0.290. The van der Waals surface area contributed by atoms with E-state index in [0.717, 1.165) is 16.5 Å². The van der Waals surface area contributed by atoms with Gasteiger partial charge in [0, 0.05) is 15.8 Å². The molecule has 0 radical (unpaired) electrons. The Balaban J connectivity index is 2.83. The summed E-state index contributed by atoms with van der Waals surface area (Å²) in [6.07, 6.45) is 2.60. The number of halogens is 1. The van der Waals surface area contributed by atoms with Crippen molar-refractivity contribution in [2.75, 3.05) is 0 Å². The van der Waals surface area contributed by atoms with Crippen LogP contribution in [0.1, 0.15) is 38.8 Å². The first-order valence-electron chi connectivity index (χ1n) is 5.89. The second-order valence-electron chi connectivity index (χ2n) is 5.13. The minimum Gasteiger partial charge on any atom is -0.598 e. The Labute approximate surface area is 121 Å².